The van der Waals surface area contributed by atoms with Crippen molar-refractivity contribution in [1.29, 1.82) is 0 Å². The Morgan fingerprint density at radius 3 is 2.35 bits per heavy atom. The molecule has 49 heavy (non-hydrogen) atoms. The molecule has 1 atom stereocenters. The van der Waals surface area contributed by atoms with E-state index in [1.165, 1.54) is 28.0 Å². The Morgan fingerprint density at radius 1 is 0.918 bits per heavy atom. The van der Waals surface area contributed by atoms with Crippen molar-refractivity contribution in [3.8, 4) is 11.5 Å². The largest absolute Gasteiger partial charge is 0.507 e. The van der Waals surface area contributed by atoms with Crippen LogP contribution in [0.15, 0.2) is 107 Å². The lowest BCUT2D eigenvalue weighted by Gasteiger charge is -2.22. The Morgan fingerprint density at radius 2 is 1.63 bits per heavy atom. The van der Waals surface area contributed by atoms with E-state index in [-0.39, 0.29) is 16.5 Å². The molecule has 1 fully saturated rings. The minimum Gasteiger partial charge on any atom is -0.507 e. The highest BCUT2D eigenvalue weighted by atomic mass is 35.5. The summed E-state index contributed by atoms with van der Waals surface area (Å²) >= 11 is 8.70. The number of carbonyl (C=O) groups is 2. The van der Waals surface area contributed by atoms with Gasteiger partial charge in [-0.3, -0.25) is 14.5 Å². The monoisotopic (exact) mass is 711 g/mol. The molecule has 5 aromatic rings. The number of Topliss-reactive ketones (excluding diaryl/α,β-unsaturated/α-hetero) is 1. The fourth-order valence-corrected chi connectivity index (χ4v) is 7.29. The number of unbranched alkanes of at least 4 members (excludes halogenated alkanes) is 1. The van der Waals surface area contributed by atoms with Gasteiger partial charge in [0.15, 0.2) is 4.34 Å². The lowest BCUT2D eigenvalue weighted by Crippen LogP contribution is -2.29. The molecule has 1 unspecified atom stereocenters. The Kier molecular flexibility index (Phi) is 11.0. The van der Waals surface area contributed by atoms with E-state index in [0.717, 1.165) is 29.5 Å². The Labute approximate surface area is 298 Å². The number of amides is 1. The molecule has 1 N–H and O–H groups in total. The second kappa shape index (κ2) is 15.7. The molecule has 1 aliphatic rings. The summed E-state index contributed by atoms with van der Waals surface area (Å²) < 4.78 is 12.4. The average Bonchev–Trinajstić information content (AvgIpc) is 3.69. The van der Waals surface area contributed by atoms with Crippen molar-refractivity contribution in [2.45, 2.75) is 49.4 Å². The van der Waals surface area contributed by atoms with E-state index < -0.39 is 17.7 Å². The smallest absolute Gasteiger partial charge is 0.301 e. The summed E-state index contributed by atoms with van der Waals surface area (Å²) in [5, 5.41) is 21.2. The highest BCUT2D eigenvalue weighted by molar-refractivity contribution is 8.00. The molecule has 2 heterocycles. The van der Waals surface area contributed by atoms with Gasteiger partial charge in [-0.2, -0.15) is 0 Å². The first-order valence-electron chi connectivity index (χ1n) is 15.8. The van der Waals surface area contributed by atoms with Crippen LogP contribution in [-0.4, -0.2) is 33.6 Å². The van der Waals surface area contributed by atoms with Crippen LogP contribution in [0.1, 0.15) is 53.6 Å². The molecule has 0 aliphatic carbocycles. The van der Waals surface area contributed by atoms with Gasteiger partial charge in [0.2, 0.25) is 5.13 Å². The van der Waals surface area contributed by atoms with Crippen molar-refractivity contribution in [2.75, 3.05) is 11.5 Å². The number of thioether (sulfide) groups is 1. The molecule has 0 saturated carbocycles. The Hall–Kier alpha value is -4.64. The Balaban J connectivity index is 1.29. The van der Waals surface area contributed by atoms with E-state index in [9.17, 15) is 14.7 Å². The first-order valence-corrected chi connectivity index (χ1v) is 18.0. The van der Waals surface area contributed by atoms with E-state index in [4.69, 9.17) is 21.1 Å². The molecule has 0 radical (unpaired) electrons. The molecule has 250 valence electrons. The van der Waals surface area contributed by atoms with Gasteiger partial charge in [0, 0.05) is 16.3 Å². The van der Waals surface area contributed by atoms with Crippen LogP contribution in [0, 0.1) is 6.92 Å². The van der Waals surface area contributed by atoms with E-state index in [1.807, 2.05) is 49.4 Å². The number of ether oxygens (including phenoxy) is 2. The number of halogens is 1. The van der Waals surface area contributed by atoms with Crippen molar-refractivity contribution in [1.82, 2.24) is 10.2 Å². The zero-order valence-corrected chi connectivity index (χ0v) is 29.4. The van der Waals surface area contributed by atoms with E-state index >= 15 is 0 Å². The maximum Gasteiger partial charge on any atom is 0.301 e. The van der Waals surface area contributed by atoms with Crippen molar-refractivity contribution < 1.29 is 24.2 Å². The average molecular weight is 712 g/mol. The van der Waals surface area contributed by atoms with Crippen LogP contribution in [-0.2, 0) is 21.9 Å². The van der Waals surface area contributed by atoms with Crippen molar-refractivity contribution in [3.05, 3.63) is 135 Å². The van der Waals surface area contributed by atoms with Gasteiger partial charge in [0.05, 0.1) is 18.2 Å². The van der Waals surface area contributed by atoms with Gasteiger partial charge in [-0.05, 0) is 78.6 Å². The maximum atomic E-state index is 13.7. The van der Waals surface area contributed by atoms with Gasteiger partial charge < -0.3 is 14.6 Å². The first kappa shape index (κ1) is 34.2. The fourth-order valence-electron chi connectivity index (χ4n) is 5.34. The number of hydrogen-bond donors (Lipinski definition) is 1. The lowest BCUT2D eigenvalue weighted by molar-refractivity contribution is -0.132. The predicted octanol–water partition coefficient (Wildman–Crippen LogP) is 9.18. The number of aryl methyl sites for hydroxylation is 1. The van der Waals surface area contributed by atoms with Crippen LogP contribution in [0.3, 0.4) is 0 Å². The summed E-state index contributed by atoms with van der Waals surface area (Å²) in [4.78, 5) is 28.7. The van der Waals surface area contributed by atoms with Gasteiger partial charge in [-0.25, -0.2) is 0 Å². The number of aromatic nitrogens is 2. The molecule has 4 aromatic carbocycles. The van der Waals surface area contributed by atoms with Crippen LogP contribution in [0.4, 0.5) is 5.13 Å². The predicted molar refractivity (Wildman–Crippen MR) is 195 cm³/mol. The number of aliphatic hydroxyl groups excluding tert-OH is 1. The minimum absolute atomic E-state index is 0.0383. The third-order valence-electron chi connectivity index (χ3n) is 7.90. The fraction of sp³-hybridized carbons (Fsp3) is 0.211. The first-order chi connectivity index (χ1) is 23.8. The van der Waals surface area contributed by atoms with Gasteiger partial charge in [-0.1, -0.05) is 102 Å². The van der Waals surface area contributed by atoms with Gasteiger partial charge in [0.25, 0.3) is 5.78 Å². The number of carbonyl (C=O) groups excluding carboxylic acids is 2. The molecule has 1 saturated heterocycles. The molecule has 1 aromatic heterocycles. The topological polar surface area (TPSA) is 102 Å². The van der Waals surface area contributed by atoms with Gasteiger partial charge in [0.1, 0.15) is 23.9 Å². The van der Waals surface area contributed by atoms with Crippen LogP contribution in [0.25, 0.3) is 5.76 Å². The van der Waals surface area contributed by atoms with Gasteiger partial charge >= 0.3 is 5.91 Å². The highest BCUT2D eigenvalue weighted by Crippen LogP contribution is 2.44. The summed E-state index contributed by atoms with van der Waals surface area (Å²) in [6, 6.07) is 28.7. The zero-order valence-electron chi connectivity index (χ0n) is 27.0. The number of nitrogens with zero attached hydrogens (tertiary/aromatic N) is 3. The number of benzene rings is 4. The second-order valence-corrected chi connectivity index (χ2v) is 14.1. The molecule has 11 heteroatoms. The van der Waals surface area contributed by atoms with E-state index in [2.05, 4.69) is 23.2 Å². The van der Waals surface area contributed by atoms with Crippen LogP contribution >= 0.6 is 34.7 Å². The molecule has 1 aliphatic heterocycles. The zero-order chi connectivity index (χ0) is 34.3. The quantitative estimate of drug-likeness (QED) is 0.0322. The van der Waals surface area contributed by atoms with Crippen molar-refractivity contribution in [2.24, 2.45) is 0 Å². The highest BCUT2D eigenvalue weighted by Gasteiger charge is 2.48. The minimum atomic E-state index is -0.941. The van der Waals surface area contributed by atoms with Crippen molar-refractivity contribution >= 4 is 57.3 Å². The number of aliphatic hydroxyl groups is 1. The summed E-state index contributed by atoms with van der Waals surface area (Å²) in [7, 11) is 0. The summed E-state index contributed by atoms with van der Waals surface area (Å²) in [6.07, 6.45) is 1.93. The number of hydrogen-bond acceptors (Lipinski definition) is 9. The summed E-state index contributed by atoms with van der Waals surface area (Å²) in [5.41, 5.74) is 4.20. The van der Waals surface area contributed by atoms with E-state index in [0.29, 0.717) is 51.0 Å². The molecule has 0 bridgehead atoms. The lowest BCUT2D eigenvalue weighted by atomic mass is 9.95. The van der Waals surface area contributed by atoms with Crippen LogP contribution < -0.4 is 14.4 Å². The number of anilines is 1. The third kappa shape index (κ3) is 8.16. The molecule has 6 rings (SSSR count). The molecular formula is C38H34ClN3O5S2. The molecule has 1 amide bonds. The standard InChI is InChI=1S/C38H34ClN3O5S2/c1-3-4-20-46-30-16-10-27(11-17-30)33-32(34(43)28-12-18-31(19-13-28)47-22-26-7-5-6-24(2)21-26)35(44)36(45)42(33)37-40-41-38(49-37)48-23-25-8-14-29(39)15-9-25/h5-19,21,33,43H,3-4,20,22-23H2,1-2H3. The SMILES string of the molecule is CCCCOc1ccc(C2C(=C(O)c3ccc(OCc4cccc(C)c4)cc3)C(=O)C(=O)N2c2nnc(SCc3ccc(Cl)cc3)s2)cc1. The van der Waals surface area contributed by atoms with Crippen LogP contribution in [0.5, 0.6) is 11.5 Å². The molecule has 0 spiro atoms. The summed E-state index contributed by atoms with van der Waals surface area (Å²) in [6.45, 7) is 5.09. The number of rotatable bonds is 13. The van der Waals surface area contributed by atoms with Crippen LogP contribution in [0.2, 0.25) is 5.02 Å². The maximum absolute atomic E-state index is 13.7. The number of ketones is 1. The normalized spacial score (nSPS) is 15.5. The Bertz CT molecular complexity index is 1960. The van der Waals surface area contributed by atoms with Crippen molar-refractivity contribution in [3.63, 3.8) is 0 Å². The summed E-state index contributed by atoms with van der Waals surface area (Å²) in [5.74, 6) is 0.00665. The molecular weight excluding hydrogens is 678 g/mol. The molecule has 8 nitrogen and oxygen atoms in total. The third-order valence-corrected chi connectivity index (χ3v) is 10.3. The second-order valence-electron chi connectivity index (χ2n) is 11.5. The van der Waals surface area contributed by atoms with E-state index in [1.54, 1.807) is 48.5 Å². The van der Waals surface area contributed by atoms with Gasteiger partial charge in [-0.15, -0.1) is 10.2 Å².